The first-order valence-electron chi connectivity index (χ1n) is 5.09. The molecule has 0 fully saturated rings. The van der Waals surface area contributed by atoms with Gasteiger partial charge in [-0.2, -0.15) is 0 Å². The molecule has 0 aliphatic carbocycles. The molecule has 2 rings (SSSR count). The first kappa shape index (κ1) is 9.86. The molecule has 15 heavy (non-hydrogen) atoms. The van der Waals surface area contributed by atoms with Crippen molar-refractivity contribution in [1.29, 1.82) is 0 Å². The molecule has 0 unspecified atom stereocenters. The second kappa shape index (κ2) is 3.17. The number of terminal acetylenes is 1. The van der Waals surface area contributed by atoms with Crippen molar-refractivity contribution >= 4 is 5.69 Å². The molecule has 1 heterocycles. The van der Waals surface area contributed by atoms with Crippen LogP contribution in [0.25, 0.3) is 0 Å². The van der Waals surface area contributed by atoms with Crippen molar-refractivity contribution in [3.05, 3.63) is 42.1 Å². The molecule has 0 radical (unpaired) electrons. The summed E-state index contributed by atoms with van der Waals surface area (Å²) in [5, 5.41) is 0. The third-order valence-electron chi connectivity index (χ3n) is 3.16. The number of anilines is 1. The van der Waals surface area contributed by atoms with Gasteiger partial charge in [0.25, 0.3) is 0 Å². The zero-order chi connectivity index (χ0) is 11.1. The van der Waals surface area contributed by atoms with Crippen LogP contribution in [0.1, 0.15) is 19.4 Å². The van der Waals surface area contributed by atoms with E-state index in [-0.39, 0.29) is 5.41 Å². The Balaban J connectivity index is 2.58. The van der Waals surface area contributed by atoms with Crippen molar-refractivity contribution in [3.63, 3.8) is 0 Å². The highest BCUT2D eigenvalue weighted by Gasteiger charge is 2.37. The molecule has 0 spiro atoms. The number of para-hydroxylation sites is 1. The maximum atomic E-state index is 5.38. The third-order valence-corrected chi connectivity index (χ3v) is 3.16. The minimum Gasteiger partial charge on any atom is -0.333 e. The Labute approximate surface area is 91.4 Å². The van der Waals surface area contributed by atoms with Crippen LogP contribution < -0.4 is 4.90 Å². The van der Waals surface area contributed by atoms with Gasteiger partial charge < -0.3 is 4.90 Å². The highest BCUT2D eigenvalue weighted by molar-refractivity contribution is 5.70. The van der Waals surface area contributed by atoms with Gasteiger partial charge in [-0.3, -0.25) is 0 Å². The summed E-state index contributed by atoms with van der Waals surface area (Å²) in [6.07, 6.45) is 5.38. The van der Waals surface area contributed by atoms with E-state index in [1.54, 1.807) is 0 Å². The van der Waals surface area contributed by atoms with Crippen LogP contribution in [0.3, 0.4) is 0 Å². The SMILES string of the molecule is C#CCN1C(=C)C(C)(C)c2ccccc21. The molecule has 0 N–H and O–H groups in total. The summed E-state index contributed by atoms with van der Waals surface area (Å²) in [5.41, 5.74) is 3.59. The van der Waals surface area contributed by atoms with Crippen molar-refractivity contribution in [2.45, 2.75) is 19.3 Å². The molecular formula is C14H15N. The van der Waals surface area contributed by atoms with Gasteiger partial charge in [0.2, 0.25) is 0 Å². The largest absolute Gasteiger partial charge is 0.333 e. The highest BCUT2D eigenvalue weighted by Crippen LogP contribution is 2.46. The number of nitrogens with zero attached hydrogens (tertiary/aromatic N) is 1. The maximum absolute atomic E-state index is 5.38. The Hall–Kier alpha value is -1.68. The molecule has 1 aromatic carbocycles. The molecule has 0 saturated heterocycles. The van der Waals surface area contributed by atoms with Crippen molar-refractivity contribution < 1.29 is 0 Å². The van der Waals surface area contributed by atoms with Gasteiger partial charge in [0.1, 0.15) is 0 Å². The Kier molecular flexibility index (Phi) is 2.08. The van der Waals surface area contributed by atoms with Crippen molar-refractivity contribution in [2.75, 3.05) is 11.4 Å². The zero-order valence-electron chi connectivity index (χ0n) is 9.25. The summed E-state index contributed by atoms with van der Waals surface area (Å²) < 4.78 is 0. The summed E-state index contributed by atoms with van der Waals surface area (Å²) in [6, 6.07) is 8.36. The van der Waals surface area contributed by atoms with E-state index in [0.29, 0.717) is 6.54 Å². The van der Waals surface area contributed by atoms with E-state index in [9.17, 15) is 0 Å². The smallest absolute Gasteiger partial charge is 0.0837 e. The number of hydrogen-bond acceptors (Lipinski definition) is 1. The second-order valence-electron chi connectivity index (χ2n) is 4.38. The predicted octanol–water partition coefficient (Wildman–Crippen LogP) is 2.93. The van der Waals surface area contributed by atoms with Crippen LogP contribution in [0.4, 0.5) is 5.69 Å². The Morgan fingerprint density at radius 3 is 2.73 bits per heavy atom. The van der Waals surface area contributed by atoms with Gasteiger partial charge in [0.15, 0.2) is 0 Å². The van der Waals surface area contributed by atoms with E-state index in [4.69, 9.17) is 6.42 Å². The van der Waals surface area contributed by atoms with Crippen molar-refractivity contribution in [2.24, 2.45) is 0 Å². The molecule has 1 heteroatoms. The quantitative estimate of drug-likeness (QED) is 0.626. The minimum atomic E-state index is -0.00650. The van der Waals surface area contributed by atoms with Gasteiger partial charge in [0.05, 0.1) is 6.54 Å². The number of hydrogen-bond donors (Lipinski definition) is 0. The lowest BCUT2D eigenvalue weighted by atomic mass is 9.85. The van der Waals surface area contributed by atoms with Crippen LogP contribution in [0.2, 0.25) is 0 Å². The van der Waals surface area contributed by atoms with Crippen LogP contribution in [-0.4, -0.2) is 6.54 Å². The fraction of sp³-hybridized carbons (Fsp3) is 0.286. The van der Waals surface area contributed by atoms with Gasteiger partial charge in [-0.05, 0) is 11.6 Å². The van der Waals surface area contributed by atoms with E-state index in [2.05, 4.69) is 49.4 Å². The first-order chi connectivity index (χ1) is 7.09. The predicted molar refractivity (Wildman–Crippen MR) is 64.8 cm³/mol. The molecule has 0 saturated carbocycles. The molecular weight excluding hydrogens is 182 g/mol. The van der Waals surface area contributed by atoms with Crippen molar-refractivity contribution in [1.82, 2.24) is 0 Å². The number of fused-ring (bicyclic) bond motifs is 1. The molecule has 1 aliphatic rings. The van der Waals surface area contributed by atoms with Gasteiger partial charge in [-0.1, -0.05) is 44.5 Å². The standard InChI is InChI=1S/C14H15N/c1-5-10-15-11(2)14(3,4)12-8-6-7-9-13(12)15/h1,6-9H,2,10H2,3-4H3. The van der Waals surface area contributed by atoms with Gasteiger partial charge in [-0.15, -0.1) is 6.42 Å². The van der Waals surface area contributed by atoms with Crippen LogP contribution in [-0.2, 0) is 5.41 Å². The number of allylic oxidation sites excluding steroid dienone is 1. The van der Waals surface area contributed by atoms with Crippen LogP contribution in [0, 0.1) is 12.3 Å². The van der Waals surface area contributed by atoms with Gasteiger partial charge >= 0.3 is 0 Å². The first-order valence-corrected chi connectivity index (χ1v) is 5.09. The summed E-state index contributed by atoms with van der Waals surface area (Å²) >= 11 is 0. The fourth-order valence-corrected chi connectivity index (χ4v) is 2.15. The lowest BCUT2D eigenvalue weighted by Gasteiger charge is -2.24. The number of benzene rings is 1. The second-order valence-corrected chi connectivity index (χ2v) is 4.38. The fourth-order valence-electron chi connectivity index (χ4n) is 2.15. The lowest BCUT2D eigenvalue weighted by molar-refractivity contribution is 0.640. The van der Waals surface area contributed by atoms with Gasteiger partial charge in [-0.25, -0.2) is 0 Å². The summed E-state index contributed by atoms with van der Waals surface area (Å²) in [7, 11) is 0. The average Bonchev–Trinajstić information content (AvgIpc) is 2.42. The topological polar surface area (TPSA) is 3.24 Å². The Morgan fingerprint density at radius 1 is 1.40 bits per heavy atom. The maximum Gasteiger partial charge on any atom is 0.0837 e. The van der Waals surface area contributed by atoms with E-state index in [0.717, 1.165) is 5.70 Å². The highest BCUT2D eigenvalue weighted by atomic mass is 15.2. The van der Waals surface area contributed by atoms with E-state index in [1.807, 2.05) is 6.07 Å². The summed E-state index contributed by atoms with van der Waals surface area (Å²) in [5.74, 6) is 2.68. The lowest BCUT2D eigenvalue weighted by Crippen LogP contribution is -2.25. The van der Waals surface area contributed by atoms with Crippen LogP contribution in [0.5, 0.6) is 0 Å². The Morgan fingerprint density at radius 2 is 2.07 bits per heavy atom. The Bertz CT molecular complexity index is 449. The van der Waals surface area contributed by atoms with Crippen LogP contribution in [0.15, 0.2) is 36.5 Å². The average molecular weight is 197 g/mol. The molecule has 1 nitrogen and oxygen atoms in total. The van der Waals surface area contributed by atoms with E-state index >= 15 is 0 Å². The molecule has 1 aromatic rings. The summed E-state index contributed by atoms with van der Waals surface area (Å²) in [4.78, 5) is 2.12. The van der Waals surface area contributed by atoms with E-state index < -0.39 is 0 Å². The molecule has 0 bridgehead atoms. The minimum absolute atomic E-state index is 0.00650. The van der Waals surface area contributed by atoms with Gasteiger partial charge in [0, 0.05) is 16.8 Å². The molecule has 0 amide bonds. The molecule has 0 aromatic heterocycles. The monoisotopic (exact) mass is 197 g/mol. The van der Waals surface area contributed by atoms with Crippen molar-refractivity contribution in [3.8, 4) is 12.3 Å². The third kappa shape index (κ3) is 1.26. The molecule has 76 valence electrons. The molecule has 1 aliphatic heterocycles. The van der Waals surface area contributed by atoms with E-state index in [1.165, 1.54) is 11.3 Å². The number of rotatable bonds is 1. The zero-order valence-corrected chi connectivity index (χ0v) is 9.25. The molecule has 0 atom stereocenters. The summed E-state index contributed by atoms with van der Waals surface area (Å²) in [6.45, 7) is 9.12. The van der Waals surface area contributed by atoms with Crippen LogP contribution >= 0.6 is 0 Å². The normalized spacial score (nSPS) is 17.4.